The van der Waals surface area contributed by atoms with Gasteiger partial charge in [0.1, 0.15) is 0 Å². The van der Waals surface area contributed by atoms with Crippen molar-refractivity contribution in [2.24, 2.45) is 5.41 Å². The molecule has 1 nitrogen and oxygen atoms in total. The van der Waals surface area contributed by atoms with Gasteiger partial charge in [0, 0.05) is 19.0 Å². The third-order valence-corrected chi connectivity index (χ3v) is 4.07. The molecule has 3 rings (SSSR count). The van der Waals surface area contributed by atoms with Crippen molar-refractivity contribution >= 4 is 10.8 Å². The highest BCUT2D eigenvalue weighted by molar-refractivity contribution is 5.86. The quantitative estimate of drug-likeness (QED) is 0.782. The zero-order valence-electron chi connectivity index (χ0n) is 10.5. The predicted molar refractivity (Wildman–Crippen MR) is 73.3 cm³/mol. The maximum Gasteiger partial charge on any atom is 0.00329 e. The smallest absolute Gasteiger partial charge is 0.00329 e. The van der Waals surface area contributed by atoms with Crippen LogP contribution in [0.2, 0.25) is 0 Å². The lowest BCUT2D eigenvalue weighted by atomic mass is 9.76. The first kappa shape index (κ1) is 10.8. The Balaban J connectivity index is 2.17. The van der Waals surface area contributed by atoms with Crippen molar-refractivity contribution in [1.82, 2.24) is 5.32 Å². The maximum absolute atomic E-state index is 3.53. The fourth-order valence-corrected chi connectivity index (χ4v) is 3.02. The van der Waals surface area contributed by atoms with Crippen molar-refractivity contribution in [3.05, 3.63) is 48.0 Å². The van der Waals surface area contributed by atoms with E-state index in [0.29, 0.717) is 11.3 Å². The fourth-order valence-electron chi connectivity index (χ4n) is 3.02. The highest BCUT2D eigenvalue weighted by atomic mass is 14.9. The lowest BCUT2D eigenvalue weighted by Crippen LogP contribution is -2.20. The Labute approximate surface area is 103 Å². The number of rotatable bonds is 1. The standard InChI is InChI=1S/C16H19N/c1-16(2)11-17-10-15(16)14-9-5-7-12-6-3-4-8-13(12)14/h3-9,15,17H,10-11H2,1-2H3/t15-/m1/s1. The lowest BCUT2D eigenvalue weighted by molar-refractivity contribution is 0.364. The molecule has 0 bridgehead atoms. The van der Waals surface area contributed by atoms with Crippen LogP contribution >= 0.6 is 0 Å². The second-order valence-electron chi connectivity index (χ2n) is 5.74. The minimum atomic E-state index is 0.351. The Morgan fingerprint density at radius 3 is 2.59 bits per heavy atom. The van der Waals surface area contributed by atoms with Crippen molar-refractivity contribution < 1.29 is 0 Å². The molecule has 0 radical (unpaired) electrons. The van der Waals surface area contributed by atoms with Crippen LogP contribution in [-0.4, -0.2) is 13.1 Å². The monoisotopic (exact) mass is 225 g/mol. The van der Waals surface area contributed by atoms with Crippen molar-refractivity contribution in [2.75, 3.05) is 13.1 Å². The van der Waals surface area contributed by atoms with Crippen molar-refractivity contribution in [2.45, 2.75) is 19.8 Å². The van der Waals surface area contributed by atoms with E-state index in [9.17, 15) is 0 Å². The summed E-state index contributed by atoms with van der Waals surface area (Å²) in [7, 11) is 0. The van der Waals surface area contributed by atoms with Crippen molar-refractivity contribution in [1.29, 1.82) is 0 Å². The van der Waals surface area contributed by atoms with Gasteiger partial charge in [-0.2, -0.15) is 0 Å². The Bertz CT molecular complexity index is 537. The SMILES string of the molecule is CC1(C)CNC[C@@H]1c1cccc2ccccc12. The molecule has 0 spiro atoms. The summed E-state index contributed by atoms with van der Waals surface area (Å²) in [6.45, 7) is 6.93. The van der Waals surface area contributed by atoms with Gasteiger partial charge in [0.2, 0.25) is 0 Å². The van der Waals surface area contributed by atoms with E-state index in [2.05, 4.69) is 61.6 Å². The number of benzene rings is 2. The summed E-state index contributed by atoms with van der Waals surface area (Å²) in [5.41, 5.74) is 1.85. The average Bonchev–Trinajstić information content (AvgIpc) is 2.68. The molecule has 1 saturated heterocycles. The van der Waals surface area contributed by atoms with Gasteiger partial charge in [-0.3, -0.25) is 0 Å². The van der Waals surface area contributed by atoms with Crippen LogP contribution in [0.1, 0.15) is 25.3 Å². The molecule has 0 saturated carbocycles. The molecule has 1 heterocycles. The molecule has 0 unspecified atom stereocenters. The highest BCUT2D eigenvalue weighted by Crippen LogP contribution is 2.40. The Morgan fingerprint density at radius 2 is 1.82 bits per heavy atom. The topological polar surface area (TPSA) is 12.0 Å². The summed E-state index contributed by atoms with van der Waals surface area (Å²) in [5.74, 6) is 0.619. The molecule has 1 aliphatic rings. The van der Waals surface area contributed by atoms with Gasteiger partial charge in [0.15, 0.2) is 0 Å². The highest BCUT2D eigenvalue weighted by Gasteiger charge is 2.35. The summed E-state index contributed by atoms with van der Waals surface area (Å²) in [6.07, 6.45) is 0. The molecule has 2 aromatic carbocycles. The van der Waals surface area contributed by atoms with Crippen LogP contribution in [-0.2, 0) is 0 Å². The van der Waals surface area contributed by atoms with Crippen LogP contribution in [0.4, 0.5) is 0 Å². The summed E-state index contributed by atoms with van der Waals surface area (Å²) in [4.78, 5) is 0. The number of hydrogen-bond donors (Lipinski definition) is 1. The van der Waals surface area contributed by atoms with E-state index in [1.165, 1.54) is 16.3 Å². The van der Waals surface area contributed by atoms with Crippen LogP contribution in [0.25, 0.3) is 10.8 Å². The van der Waals surface area contributed by atoms with Crippen LogP contribution in [0.5, 0.6) is 0 Å². The molecule has 17 heavy (non-hydrogen) atoms. The molecule has 1 heteroatoms. The van der Waals surface area contributed by atoms with Gasteiger partial charge in [-0.15, -0.1) is 0 Å². The summed E-state index contributed by atoms with van der Waals surface area (Å²) in [6, 6.07) is 15.4. The number of fused-ring (bicyclic) bond motifs is 1. The fraction of sp³-hybridized carbons (Fsp3) is 0.375. The molecule has 1 atom stereocenters. The van der Waals surface area contributed by atoms with Gasteiger partial charge in [0.25, 0.3) is 0 Å². The first-order valence-corrected chi connectivity index (χ1v) is 6.37. The van der Waals surface area contributed by atoms with Gasteiger partial charge in [-0.05, 0) is 21.8 Å². The molecule has 2 aromatic rings. The van der Waals surface area contributed by atoms with Crippen LogP contribution in [0, 0.1) is 5.41 Å². The van der Waals surface area contributed by atoms with Crippen LogP contribution in [0.3, 0.4) is 0 Å². The second-order valence-corrected chi connectivity index (χ2v) is 5.74. The molecular weight excluding hydrogens is 206 g/mol. The van der Waals surface area contributed by atoms with Gasteiger partial charge >= 0.3 is 0 Å². The zero-order valence-corrected chi connectivity index (χ0v) is 10.5. The van der Waals surface area contributed by atoms with Gasteiger partial charge < -0.3 is 5.32 Å². The Kier molecular flexibility index (Phi) is 2.44. The number of hydrogen-bond acceptors (Lipinski definition) is 1. The lowest BCUT2D eigenvalue weighted by Gasteiger charge is -2.27. The summed E-state index contributed by atoms with van der Waals surface area (Å²) >= 11 is 0. The minimum Gasteiger partial charge on any atom is -0.316 e. The summed E-state index contributed by atoms with van der Waals surface area (Å²) in [5, 5.41) is 6.29. The average molecular weight is 225 g/mol. The largest absolute Gasteiger partial charge is 0.316 e. The van der Waals surface area contributed by atoms with Gasteiger partial charge in [0.05, 0.1) is 0 Å². The normalized spacial score (nSPS) is 23.1. The molecule has 0 aliphatic carbocycles. The van der Waals surface area contributed by atoms with Crippen LogP contribution in [0.15, 0.2) is 42.5 Å². The first-order valence-electron chi connectivity index (χ1n) is 6.37. The van der Waals surface area contributed by atoms with Gasteiger partial charge in [-0.25, -0.2) is 0 Å². The maximum atomic E-state index is 3.53. The van der Waals surface area contributed by atoms with E-state index in [0.717, 1.165) is 13.1 Å². The van der Waals surface area contributed by atoms with E-state index in [4.69, 9.17) is 0 Å². The van der Waals surface area contributed by atoms with Crippen molar-refractivity contribution in [3.8, 4) is 0 Å². The van der Waals surface area contributed by atoms with Crippen molar-refractivity contribution in [3.63, 3.8) is 0 Å². The van der Waals surface area contributed by atoms with E-state index in [-0.39, 0.29) is 0 Å². The summed E-state index contributed by atoms with van der Waals surface area (Å²) < 4.78 is 0. The molecular formula is C16H19N. The van der Waals surface area contributed by atoms with E-state index in [1.54, 1.807) is 0 Å². The zero-order chi connectivity index (χ0) is 11.9. The third kappa shape index (κ3) is 1.75. The molecule has 88 valence electrons. The Morgan fingerprint density at radius 1 is 1.06 bits per heavy atom. The van der Waals surface area contributed by atoms with Crippen LogP contribution < -0.4 is 5.32 Å². The first-order chi connectivity index (χ1) is 8.18. The Hall–Kier alpha value is -1.34. The molecule has 0 amide bonds. The van der Waals surface area contributed by atoms with E-state index < -0.39 is 0 Å². The van der Waals surface area contributed by atoms with E-state index >= 15 is 0 Å². The molecule has 0 aromatic heterocycles. The third-order valence-electron chi connectivity index (χ3n) is 4.07. The minimum absolute atomic E-state index is 0.351. The second kappa shape index (κ2) is 3.85. The molecule has 1 fully saturated rings. The molecule has 1 N–H and O–H groups in total. The molecule has 1 aliphatic heterocycles. The van der Waals surface area contributed by atoms with E-state index in [1.807, 2.05) is 0 Å². The number of nitrogens with one attached hydrogen (secondary N) is 1. The van der Waals surface area contributed by atoms with Gasteiger partial charge in [-0.1, -0.05) is 56.3 Å². The predicted octanol–water partition coefficient (Wildman–Crippen LogP) is 3.55.